The first-order chi connectivity index (χ1) is 15.2. The number of β-lactam (4-membered cyclic amide) rings is 1. The van der Waals surface area contributed by atoms with E-state index in [1.165, 1.54) is 28.4 Å². The van der Waals surface area contributed by atoms with Gasteiger partial charge in [-0.3, -0.25) is 9.59 Å². The van der Waals surface area contributed by atoms with Crippen LogP contribution < -0.4 is 5.32 Å². The minimum atomic E-state index is -1.73. The van der Waals surface area contributed by atoms with Crippen molar-refractivity contribution in [1.29, 1.82) is 5.26 Å². The standard InChI is InChI=1S/C23H27N3O4S2/c1-22(2)17(19(28)29)26-20(30)23(13-24,21(26)32-22)25-18(27)16(14-9-5-3-6-10-14)31-15-11-7-4-8-12-15/h4,7-8,11-12,14,16-17,21H,3,5-6,9-10H2,1-2H3,(H,25,27)(H,28,29)/t16?,17-,21+,23?/m0/s1. The fraction of sp³-hybridized carbons (Fsp3) is 0.565. The lowest BCUT2D eigenvalue weighted by atomic mass is 9.83. The molecule has 1 aromatic carbocycles. The Kier molecular flexibility index (Phi) is 6.21. The number of nitriles is 1. The van der Waals surface area contributed by atoms with Gasteiger partial charge in [-0.1, -0.05) is 37.5 Å². The van der Waals surface area contributed by atoms with Crippen molar-refractivity contribution < 1.29 is 19.5 Å². The first-order valence-electron chi connectivity index (χ1n) is 10.9. The third kappa shape index (κ3) is 3.77. The Hall–Kier alpha value is -2.18. The lowest BCUT2D eigenvalue weighted by molar-refractivity contribution is -0.165. The molecule has 2 N–H and O–H groups in total. The van der Waals surface area contributed by atoms with Crippen molar-refractivity contribution in [3.05, 3.63) is 30.3 Å². The van der Waals surface area contributed by atoms with Crippen molar-refractivity contribution in [3.8, 4) is 6.07 Å². The summed E-state index contributed by atoms with van der Waals surface area (Å²) in [6.45, 7) is 3.50. The molecule has 2 amide bonds. The molecule has 9 heteroatoms. The lowest BCUT2D eigenvalue weighted by Crippen LogP contribution is -2.79. The first kappa shape index (κ1) is 23.0. The smallest absolute Gasteiger partial charge is 0.327 e. The maximum Gasteiger partial charge on any atom is 0.327 e. The normalized spacial score (nSPS) is 30.0. The van der Waals surface area contributed by atoms with E-state index in [1.807, 2.05) is 36.4 Å². The van der Waals surface area contributed by atoms with E-state index < -0.39 is 38.8 Å². The molecule has 1 saturated carbocycles. The highest BCUT2D eigenvalue weighted by molar-refractivity contribution is 8.01. The van der Waals surface area contributed by atoms with E-state index in [9.17, 15) is 24.8 Å². The summed E-state index contributed by atoms with van der Waals surface area (Å²) in [5, 5.41) is 21.3. The van der Waals surface area contributed by atoms with Crippen molar-refractivity contribution in [2.24, 2.45) is 5.92 Å². The zero-order valence-corrected chi connectivity index (χ0v) is 19.7. The Labute approximate surface area is 196 Å². The second-order valence-electron chi connectivity index (χ2n) is 9.19. The lowest BCUT2D eigenvalue weighted by Gasteiger charge is -2.49. The number of fused-ring (bicyclic) bond motifs is 1. The molecule has 2 saturated heterocycles. The van der Waals surface area contributed by atoms with Crippen LogP contribution in [0.4, 0.5) is 0 Å². The summed E-state index contributed by atoms with van der Waals surface area (Å²) in [4.78, 5) is 40.7. The van der Waals surface area contributed by atoms with Gasteiger partial charge in [-0.2, -0.15) is 5.26 Å². The number of benzene rings is 1. The molecule has 2 aliphatic heterocycles. The van der Waals surface area contributed by atoms with Crippen molar-refractivity contribution in [2.45, 2.75) is 77.8 Å². The van der Waals surface area contributed by atoms with Gasteiger partial charge in [-0.05, 0) is 44.7 Å². The Morgan fingerprint density at radius 1 is 1.25 bits per heavy atom. The number of carbonyl (C=O) groups is 3. The van der Waals surface area contributed by atoms with Crippen LogP contribution in [-0.4, -0.2) is 54.7 Å². The number of aliphatic carboxylic acids is 1. The number of carboxylic acid groups (broad SMARTS) is 1. The van der Waals surface area contributed by atoms with Crippen LogP contribution >= 0.6 is 23.5 Å². The molecule has 3 fully saturated rings. The molecule has 1 aromatic rings. The number of carbonyl (C=O) groups excluding carboxylic acids is 2. The number of nitrogens with one attached hydrogen (secondary N) is 1. The van der Waals surface area contributed by atoms with Gasteiger partial charge in [0.15, 0.2) is 0 Å². The van der Waals surface area contributed by atoms with Gasteiger partial charge in [-0.15, -0.1) is 23.5 Å². The highest BCUT2D eigenvalue weighted by atomic mass is 32.2. The third-order valence-electron chi connectivity index (χ3n) is 6.62. The van der Waals surface area contributed by atoms with Crippen LogP contribution in [-0.2, 0) is 14.4 Å². The molecule has 1 aliphatic carbocycles. The molecular weight excluding hydrogens is 446 g/mol. The summed E-state index contributed by atoms with van der Waals surface area (Å²) >= 11 is 2.74. The van der Waals surface area contributed by atoms with Gasteiger partial charge in [0.05, 0.1) is 5.25 Å². The first-order valence-corrected chi connectivity index (χ1v) is 12.7. The van der Waals surface area contributed by atoms with Crippen LogP contribution in [0.5, 0.6) is 0 Å². The van der Waals surface area contributed by atoms with Crippen LogP contribution in [0, 0.1) is 17.2 Å². The van der Waals surface area contributed by atoms with E-state index >= 15 is 0 Å². The fourth-order valence-corrected chi connectivity index (χ4v) is 7.89. The van der Waals surface area contributed by atoms with Gasteiger partial charge in [-0.25, -0.2) is 4.79 Å². The molecule has 4 rings (SSSR count). The van der Waals surface area contributed by atoms with Crippen LogP contribution in [0.2, 0.25) is 0 Å². The summed E-state index contributed by atoms with van der Waals surface area (Å²) in [5.41, 5.74) is -1.73. The van der Waals surface area contributed by atoms with Crippen LogP contribution in [0.15, 0.2) is 35.2 Å². The topological polar surface area (TPSA) is 111 Å². The summed E-state index contributed by atoms with van der Waals surface area (Å²) < 4.78 is -0.767. The van der Waals surface area contributed by atoms with Crippen molar-refractivity contribution in [3.63, 3.8) is 0 Å². The molecule has 0 radical (unpaired) electrons. The van der Waals surface area contributed by atoms with Gasteiger partial charge < -0.3 is 15.3 Å². The van der Waals surface area contributed by atoms with E-state index in [0.717, 1.165) is 37.0 Å². The number of hydrogen-bond donors (Lipinski definition) is 2. The highest BCUT2D eigenvalue weighted by Crippen LogP contribution is 2.54. The predicted octanol–water partition coefficient (Wildman–Crippen LogP) is 3.25. The summed E-state index contributed by atoms with van der Waals surface area (Å²) in [7, 11) is 0. The number of carboxylic acids is 1. The second kappa shape index (κ2) is 8.64. The van der Waals surface area contributed by atoms with E-state index in [2.05, 4.69) is 5.32 Å². The summed E-state index contributed by atoms with van der Waals surface area (Å²) in [6.07, 6.45) is 5.15. The van der Waals surface area contributed by atoms with Gasteiger partial charge in [0.2, 0.25) is 11.4 Å². The monoisotopic (exact) mass is 473 g/mol. The Bertz CT molecular complexity index is 958. The maximum atomic E-state index is 13.5. The molecule has 3 aliphatic rings. The van der Waals surface area contributed by atoms with E-state index in [-0.39, 0.29) is 11.8 Å². The molecule has 2 unspecified atom stereocenters. The van der Waals surface area contributed by atoms with Crippen molar-refractivity contribution in [1.82, 2.24) is 10.2 Å². The molecule has 4 atom stereocenters. The van der Waals surface area contributed by atoms with E-state index in [1.54, 1.807) is 13.8 Å². The van der Waals surface area contributed by atoms with Gasteiger partial charge in [0, 0.05) is 9.64 Å². The van der Waals surface area contributed by atoms with Gasteiger partial charge in [0.1, 0.15) is 17.5 Å². The number of rotatable bonds is 6. The molecule has 7 nitrogen and oxygen atoms in total. The zero-order chi connectivity index (χ0) is 23.1. The predicted molar refractivity (Wildman–Crippen MR) is 123 cm³/mol. The van der Waals surface area contributed by atoms with Crippen LogP contribution in [0.1, 0.15) is 46.0 Å². The molecule has 170 valence electrons. The molecule has 0 spiro atoms. The molecular formula is C23H27N3O4S2. The molecule has 2 heterocycles. The second-order valence-corrected chi connectivity index (χ2v) is 12.1. The van der Waals surface area contributed by atoms with Crippen molar-refractivity contribution >= 4 is 41.3 Å². The quantitative estimate of drug-likeness (QED) is 0.482. The average Bonchev–Trinajstić information content (AvgIpc) is 3.05. The summed E-state index contributed by atoms with van der Waals surface area (Å²) in [5.74, 6) is -1.89. The number of amides is 2. The fourth-order valence-electron chi connectivity index (χ4n) is 5.02. The Balaban J connectivity index is 1.59. The zero-order valence-electron chi connectivity index (χ0n) is 18.1. The largest absolute Gasteiger partial charge is 0.480 e. The Morgan fingerprint density at radius 2 is 1.91 bits per heavy atom. The molecule has 0 aromatic heterocycles. The third-order valence-corrected chi connectivity index (χ3v) is 9.65. The SMILES string of the molecule is CC1(C)S[C@H]2N(C(=O)C2(C#N)NC(=O)C(Sc2ccccc2)C2CCCCC2)[C@H]1C(=O)O. The van der Waals surface area contributed by atoms with Gasteiger partial charge >= 0.3 is 5.97 Å². The molecule has 0 bridgehead atoms. The number of nitrogens with zero attached hydrogens (tertiary/aromatic N) is 2. The molecule has 32 heavy (non-hydrogen) atoms. The van der Waals surface area contributed by atoms with Gasteiger partial charge in [0.25, 0.3) is 5.91 Å². The Morgan fingerprint density at radius 3 is 2.50 bits per heavy atom. The minimum absolute atomic E-state index is 0.162. The summed E-state index contributed by atoms with van der Waals surface area (Å²) in [6, 6.07) is 10.7. The van der Waals surface area contributed by atoms with E-state index in [4.69, 9.17) is 0 Å². The number of hydrogen-bond acceptors (Lipinski definition) is 6. The van der Waals surface area contributed by atoms with Crippen LogP contribution in [0.25, 0.3) is 0 Å². The number of thioether (sulfide) groups is 2. The maximum absolute atomic E-state index is 13.5. The van der Waals surface area contributed by atoms with Crippen molar-refractivity contribution in [2.75, 3.05) is 0 Å². The van der Waals surface area contributed by atoms with E-state index in [0.29, 0.717) is 0 Å². The average molecular weight is 474 g/mol. The highest BCUT2D eigenvalue weighted by Gasteiger charge is 2.73. The minimum Gasteiger partial charge on any atom is -0.480 e. The van der Waals surface area contributed by atoms with Crippen LogP contribution in [0.3, 0.4) is 0 Å².